The number of hydrogen-bond acceptors (Lipinski definition) is 0. The molecule has 0 aliphatic rings. The maximum absolute atomic E-state index is 2.30. The zero-order valence-electron chi connectivity index (χ0n) is 4.89. The lowest BCUT2D eigenvalue weighted by Gasteiger charge is -1.97. The summed E-state index contributed by atoms with van der Waals surface area (Å²) < 4.78 is 0. The van der Waals surface area contributed by atoms with Gasteiger partial charge < -0.3 is 0 Å². The third-order valence-corrected chi connectivity index (χ3v) is 0. The minimum absolute atomic E-state index is 0. The van der Waals surface area contributed by atoms with Gasteiger partial charge in [-0.05, 0) is 0 Å². The van der Waals surface area contributed by atoms with E-state index in [2.05, 4.69) is 26.7 Å². The summed E-state index contributed by atoms with van der Waals surface area (Å²) in [4.78, 5) is 0. The van der Waals surface area contributed by atoms with Gasteiger partial charge >= 0.3 is 0 Å². The highest BCUT2D eigenvalue weighted by atomic mass is 127. The van der Waals surface area contributed by atoms with E-state index in [1.807, 2.05) is 0 Å². The predicted octanol–water partition coefficient (Wildman–Crippen LogP) is -2.01. The molecule has 0 saturated heterocycles. The second-order valence-electron chi connectivity index (χ2n) is 2.68. The van der Waals surface area contributed by atoms with E-state index in [-0.39, 0.29) is 31.2 Å². The van der Waals surface area contributed by atoms with E-state index >= 15 is 0 Å². The summed E-state index contributed by atoms with van der Waals surface area (Å²) in [5.74, 6) is 0. The first-order valence-electron chi connectivity index (χ1n) is 1.79. The Morgan fingerprint density at radius 3 is 0.833 bits per heavy atom. The van der Waals surface area contributed by atoms with E-state index in [0.29, 0.717) is 0 Å². The van der Waals surface area contributed by atoms with E-state index in [4.69, 9.17) is 0 Å². The smallest absolute Gasteiger partial charge is 0.00222 e. The third-order valence-electron chi connectivity index (χ3n) is 0. The standard InChI is InChI=1S/C4H12P.H2I/c1-5(2,3)4;/h1-4H3;1H2/q2*+1. The van der Waals surface area contributed by atoms with Gasteiger partial charge in [0.1, 0.15) is 0 Å². The largest absolute Gasteiger partial charge is 0.235 e. The summed E-state index contributed by atoms with van der Waals surface area (Å²) >= 11 is 0. The summed E-state index contributed by atoms with van der Waals surface area (Å²) in [5, 5.41) is 0. The van der Waals surface area contributed by atoms with Gasteiger partial charge in [-0.1, -0.05) is 0 Å². The van der Waals surface area contributed by atoms with E-state index in [1.54, 1.807) is 0 Å². The first kappa shape index (κ1) is 10.2. The molecule has 0 amide bonds. The molecule has 0 spiro atoms. The molecule has 0 nitrogen and oxygen atoms in total. The Labute approximate surface area is 58.1 Å². The van der Waals surface area contributed by atoms with Crippen LogP contribution in [0.2, 0.25) is 0 Å². The predicted molar refractivity (Wildman–Crippen MR) is 33.4 cm³/mol. The SMILES string of the molecule is C[P+](C)(C)C.[IH2+]. The average Bonchev–Trinajstić information content (AvgIpc) is 0.722. The Balaban J connectivity index is 0. The van der Waals surface area contributed by atoms with Crippen LogP contribution in [-0.4, -0.2) is 26.7 Å². The van der Waals surface area contributed by atoms with Crippen molar-refractivity contribution < 1.29 is 24.0 Å². The average molecular weight is 220 g/mol. The second-order valence-corrected chi connectivity index (χ2v) is 8.05. The molecule has 0 bridgehead atoms. The maximum atomic E-state index is 2.30. The summed E-state index contributed by atoms with van der Waals surface area (Å²) in [5.41, 5.74) is 0. The van der Waals surface area contributed by atoms with Crippen molar-refractivity contribution in [3.05, 3.63) is 0 Å². The monoisotopic (exact) mass is 220 g/mol. The highest BCUT2D eigenvalue weighted by molar-refractivity contribution is 7.72. The summed E-state index contributed by atoms with van der Waals surface area (Å²) in [6.07, 6.45) is 0. The Bertz CT molecular complexity index is 23.0. The van der Waals surface area contributed by atoms with Crippen LogP contribution in [0.15, 0.2) is 0 Å². The molecule has 0 saturated carbocycles. The van der Waals surface area contributed by atoms with Crippen molar-refractivity contribution in [2.75, 3.05) is 26.7 Å². The van der Waals surface area contributed by atoms with E-state index in [1.165, 1.54) is 0 Å². The second kappa shape index (κ2) is 3.20. The number of hydrogen-bond donors (Lipinski definition) is 0. The van der Waals surface area contributed by atoms with Crippen molar-refractivity contribution >= 4 is 7.26 Å². The number of rotatable bonds is 0. The minimum Gasteiger partial charge on any atom is 0.00222 e. The molecule has 0 radical (unpaired) electrons. The molecule has 0 unspecified atom stereocenters. The normalized spacial score (nSPS) is 10.0. The minimum atomic E-state index is -0.389. The maximum Gasteiger partial charge on any atom is 0.235 e. The molecule has 0 aliphatic carbocycles. The Morgan fingerprint density at radius 2 is 0.833 bits per heavy atom. The Morgan fingerprint density at radius 1 is 0.833 bits per heavy atom. The van der Waals surface area contributed by atoms with Gasteiger partial charge in [0, 0.05) is 33.9 Å². The van der Waals surface area contributed by atoms with Crippen molar-refractivity contribution in [2.24, 2.45) is 0 Å². The lowest BCUT2D eigenvalue weighted by atomic mass is 11.8. The molecule has 0 rings (SSSR count). The fraction of sp³-hybridized carbons (Fsp3) is 1.00. The number of halogens is 1. The summed E-state index contributed by atoms with van der Waals surface area (Å²) in [6.45, 7) is 9.19. The van der Waals surface area contributed by atoms with Gasteiger partial charge in [-0.3, -0.25) is 0 Å². The van der Waals surface area contributed by atoms with Gasteiger partial charge in [-0.15, -0.1) is 0 Å². The molecule has 0 aliphatic heterocycles. The molecule has 0 atom stereocenters. The topological polar surface area (TPSA) is 0 Å². The molecule has 0 aromatic rings. The van der Waals surface area contributed by atoms with Gasteiger partial charge in [-0.2, -0.15) is 0 Å². The molecular formula is C4H14IP+2. The Hall–Kier alpha value is 1.16. The highest BCUT2D eigenvalue weighted by Crippen LogP contribution is 2.40. The van der Waals surface area contributed by atoms with Gasteiger partial charge in [0.15, 0.2) is 0 Å². The molecule has 0 aromatic heterocycles. The quantitative estimate of drug-likeness (QED) is 0.327. The molecular weight excluding hydrogens is 206 g/mol. The fourth-order valence-corrected chi connectivity index (χ4v) is 0. The van der Waals surface area contributed by atoms with Crippen molar-refractivity contribution in [3.8, 4) is 0 Å². The van der Waals surface area contributed by atoms with Crippen LogP contribution in [0.5, 0.6) is 0 Å². The van der Waals surface area contributed by atoms with Crippen LogP contribution in [0.1, 0.15) is 0 Å². The van der Waals surface area contributed by atoms with Crippen molar-refractivity contribution in [1.29, 1.82) is 0 Å². The van der Waals surface area contributed by atoms with E-state index in [9.17, 15) is 0 Å². The van der Waals surface area contributed by atoms with Gasteiger partial charge in [0.05, 0.1) is 0 Å². The first-order chi connectivity index (χ1) is 2.00. The molecule has 0 N–H and O–H groups in total. The molecule has 6 heavy (non-hydrogen) atoms. The molecule has 2 heteroatoms. The van der Waals surface area contributed by atoms with Crippen LogP contribution in [-0.2, 0) is 0 Å². The highest BCUT2D eigenvalue weighted by Gasteiger charge is 2.03. The van der Waals surface area contributed by atoms with Crippen molar-refractivity contribution in [2.45, 2.75) is 0 Å². The third kappa shape index (κ3) is 66.4. The van der Waals surface area contributed by atoms with Crippen LogP contribution in [0.4, 0.5) is 0 Å². The van der Waals surface area contributed by atoms with Crippen molar-refractivity contribution in [1.82, 2.24) is 0 Å². The van der Waals surface area contributed by atoms with Crippen LogP contribution in [0.25, 0.3) is 0 Å². The summed E-state index contributed by atoms with van der Waals surface area (Å²) in [6, 6.07) is 0. The molecule has 40 valence electrons. The Kier molecular flexibility index (Phi) is 5.44. The van der Waals surface area contributed by atoms with Crippen LogP contribution < -0.4 is 24.0 Å². The van der Waals surface area contributed by atoms with Crippen LogP contribution in [0, 0.1) is 0 Å². The van der Waals surface area contributed by atoms with Gasteiger partial charge in [0.25, 0.3) is 0 Å². The zero-order valence-corrected chi connectivity index (χ0v) is 8.34. The van der Waals surface area contributed by atoms with Gasteiger partial charge in [0.2, 0.25) is 24.0 Å². The lowest BCUT2D eigenvalue weighted by molar-refractivity contribution is -0.00000149. The van der Waals surface area contributed by atoms with Crippen LogP contribution in [0.3, 0.4) is 0 Å². The van der Waals surface area contributed by atoms with E-state index in [0.717, 1.165) is 0 Å². The van der Waals surface area contributed by atoms with Crippen LogP contribution >= 0.6 is 7.26 Å². The lowest BCUT2D eigenvalue weighted by Crippen LogP contribution is -3.00. The molecule has 0 fully saturated rings. The summed E-state index contributed by atoms with van der Waals surface area (Å²) in [7, 11) is -0.389. The van der Waals surface area contributed by atoms with E-state index < -0.39 is 0 Å². The van der Waals surface area contributed by atoms with Crippen molar-refractivity contribution in [3.63, 3.8) is 0 Å². The molecule has 0 heterocycles. The zero-order chi connectivity index (χ0) is 4.50. The molecule has 0 aromatic carbocycles. The fourth-order valence-electron chi connectivity index (χ4n) is 0. The van der Waals surface area contributed by atoms with Gasteiger partial charge in [-0.25, -0.2) is 0 Å². The first-order valence-corrected chi connectivity index (χ1v) is 5.37.